The molecular weight excluding hydrogens is 416 g/mol. The number of hydrogen-bond donors (Lipinski definition) is 1. The molecule has 0 aliphatic carbocycles. The lowest BCUT2D eigenvalue weighted by atomic mass is 10.1. The third kappa shape index (κ3) is 7.70. The van der Waals surface area contributed by atoms with Crippen LogP contribution in [0.5, 0.6) is 0 Å². The molecule has 1 N–H and O–H groups in total. The Morgan fingerprint density at radius 3 is 2.25 bits per heavy atom. The average Bonchev–Trinajstić information content (AvgIpc) is 2.74. The van der Waals surface area contributed by atoms with Crippen LogP contribution in [0.4, 0.5) is 0 Å². The van der Waals surface area contributed by atoms with Crippen molar-refractivity contribution in [3.8, 4) is 0 Å². The van der Waals surface area contributed by atoms with Gasteiger partial charge in [-0.2, -0.15) is 0 Å². The van der Waals surface area contributed by atoms with Crippen LogP contribution in [0.3, 0.4) is 0 Å². The molecule has 32 heavy (non-hydrogen) atoms. The second-order valence-electron chi connectivity index (χ2n) is 8.68. The molecule has 2 aromatic carbocycles. The summed E-state index contributed by atoms with van der Waals surface area (Å²) in [5, 5.41) is 3.07. The summed E-state index contributed by atoms with van der Waals surface area (Å²) in [5.41, 5.74) is 5.91. The highest BCUT2D eigenvalue weighted by molar-refractivity contribution is 7.99. The van der Waals surface area contributed by atoms with E-state index in [-0.39, 0.29) is 17.9 Å². The summed E-state index contributed by atoms with van der Waals surface area (Å²) in [7, 11) is 0. The number of benzene rings is 2. The summed E-state index contributed by atoms with van der Waals surface area (Å²) in [6.45, 7) is 12.7. The van der Waals surface area contributed by atoms with Crippen LogP contribution >= 0.6 is 11.8 Å². The van der Waals surface area contributed by atoms with Crippen LogP contribution in [0.15, 0.2) is 42.5 Å². The molecular formula is C27H38N2O2S. The van der Waals surface area contributed by atoms with Crippen LogP contribution < -0.4 is 5.32 Å². The van der Waals surface area contributed by atoms with E-state index in [1.165, 1.54) is 16.7 Å². The van der Waals surface area contributed by atoms with Crippen LogP contribution in [0.1, 0.15) is 61.4 Å². The summed E-state index contributed by atoms with van der Waals surface area (Å²) >= 11 is 1.61. The van der Waals surface area contributed by atoms with Gasteiger partial charge >= 0.3 is 0 Å². The molecule has 0 aromatic heterocycles. The molecule has 0 bridgehead atoms. The normalized spacial score (nSPS) is 12.8. The summed E-state index contributed by atoms with van der Waals surface area (Å²) in [6.07, 6.45) is 1.45. The molecule has 2 amide bonds. The van der Waals surface area contributed by atoms with Crippen molar-refractivity contribution in [2.24, 2.45) is 0 Å². The number of aryl methyl sites for hydroxylation is 3. The van der Waals surface area contributed by atoms with E-state index in [1.54, 1.807) is 16.7 Å². The highest BCUT2D eigenvalue weighted by Gasteiger charge is 2.29. The van der Waals surface area contributed by atoms with Crippen LogP contribution in [0.2, 0.25) is 0 Å². The quantitative estimate of drug-likeness (QED) is 0.483. The minimum Gasteiger partial charge on any atom is -0.352 e. The second kappa shape index (κ2) is 12.7. The SMILES string of the molecule is CCC(C)NC(=O)C(CC)N(Cc1ccccc1C)C(=O)CSCc1cc(C)cc(C)c1. The van der Waals surface area contributed by atoms with Gasteiger partial charge in [0.25, 0.3) is 0 Å². The number of carbonyl (C=O) groups is 2. The van der Waals surface area contributed by atoms with Gasteiger partial charge in [0.05, 0.1) is 5.75 Å². The molecule has 0 aliphatic rings. The van der Waals surface area contributed by atoms with Gasteiger partial charge in [0.15, 0.2) is 0 Å². The Balaban J connectivity index is 2.17. The standard InChI is InChI=1S/C27H38N2O2S/c1-7-22(6)28-27(31)25(8-2)29(16-24-12-10-9-11-21(24)5)26(30)18-32-17-23-14-19(3)13-20(4)15-23/h9-15,22,25H,7-8,16-18H2,1-6H3,(H,28,31). The summed E-state index contributed by atoms with van der Waals surface area (Å²) in [4.78, 5) is 28.2. The largest absolute Gasteiger partial charge is 0.352 e. The van der Waals surface area contributed by atoms with Crippen molar-refractivity contribution in [1.82, 2.24) is 10.2 Å². The van der Waals surface area contributed by atoms with Crippen molar-refractivity contribution in [2.45, 2.75) is 78.8 Å². The van der Waals surface area contributed by atoms with E-state index >= 15 is 0 Å². The monoisotopic (exact) mass is 454 g/mol. The van der Waals surface area contributed by atoms with Crippen LogP contribution in [0, 0.1) is 20.8 Å². The van der Waals surface area contributed by atoms with Crippen LogP contribution in [-0.2, 0) is 21.9 Å². The molecule has 4 nitrogen and oxygen atoms in total. The van der Waals surface area contributed by atoms with Gasteiger partial charge in [-0.25, -0.2) is 0 Å². The second-order valence-corrected chi connectivity index (χ2v) is 9.66. The number of carbonyl (C=O) groups excluding carboxylic acids is 2. The predicted molar refractivity (Wildman–Crippen MR) is 136 cm³/mol. The Morgan fingerprint density at radius 1 is 1.00 bits per heavy atom. The van der Waals surface area contributed by atoms with Gasteiger partial charge in [-0.05, 0) is 57.2 Å². The third-order valence-corrected chi connectivity index (χ3v) is 6.75. The lowest BCUT2D eigenvalue weighted by Crippen LogP contribution is -2.51. The first-order valence-electron chi connectivity index (χ1n) is 11.5. The maximum absolute atomic E-state index is 13.4. The van der Waals surface area contributed by atoms with Crippen molar-refractivity contribution in [1.29, 1.82) is 0 Å². The van der Waals surface area contributed by atoms with Gasteiger partial charge in [0.1, 0.15) is 6.04 Å². The van der Waals surface area contributed by atoms with E-state index < -0.39 is 6.04 Å². The van der Waals surface area contributed by atoms with Crippen molar-refractivity contribution in [3.63, 3.8) is 0 Å². The predicted octanol–water partition coefficient (Wildman–Crippen LogP) is 5.57. The smallest absolute Gasteiger partial charge is 0.243 e. The molecule has 0 saturated heterocycles. The zero-order chi connectivity index (χ0) is 23.7. The summed E-state index contributed by atoms with van der Waals surface area (Å²) in [5.74, 6) is 1.07. The van der Waals surface area contributed by atoms with E-state index in [0.717, 1.165) is 23.3 Å². The van der Waals surface area contributed by atoms with Gasteiger partial charge in [-0.1, -0.05) is 67.4 Å². The zero-order valence-corrected chi connectivity index (χ0v) is 21.2. The molecule has 2 aromatic rings. The fraction of sp³-hybridized carbons (Fsp3) is 0.481. The molecule has 2 atom stereocenters. The maximum Gasteiger partial charge on any atom is 0.243 e. The lowest BCUT2D eigenvalue weighted by molar-refractivity contribution is -0.139. The van der Waals surface area contributed by atoms with E-state index in [1.807, 2.05) is 52.0 Å². The molecule has 2 unspecified atom stereocenters. The molecule has 0 heterocycles. The number of amides is 2. The molecule has 174 valence electrons. The molecule has 2 rings (SSSR count). The number of nitrogens with zero attached hydrogens (tertiary/aromatic N) is 1. The van der Waals surface area contributed by atoms with E-state index in [9.17, 15) is 9.59 Å². The lowest BCUT2D eigenvalue weighted by Gasteiger charge is -2.32. The van der Waals surface area contributed by atoms with Crippen molar-refractivity contribution in [2.75, 3.05) is 5.75 Å². The number of hydrogen-bond acceptors (Lipinski definition) is 3. The summed E-state index contributed by atoms with van der Waals surface area (Å²) in [6, 6.07) is 14.2. The minimum atomic E-state index is -0.474. The fourth-order valence-corrected chi connectivity index (χ4v) is 4.67. The van der Waals surface area contributed by atoms with Crippen molar-refractivity contribution in [3.05, 3.63) is 70.3 Å². The topological polar surface area (TPSA) is 49.4 Å². The van der Waals surface area contributed by atoms with Crippen molar-refractivity contribution >= 4 is 23.6 Å². The highest BCUT2D eigenvalue weighted by Crippen LogP contribution is 2.20. The fourth-order valence-electron chi connectivity index (χ4n) is 3.82. The average molecular weight is 455 g/mol. The Labute approximate surface area is 198 Å². The third-order valence-electron chi connectivity index (χ3n) is 5.76. The van der Waals surface area contributed by atoms with Gasteiger partial charge in [0.2, 0.25) is 11.8 Å². The first-order chi connectivity index (χ1) is 15.2. The number of thioether (sulfide) groups is 1. The van der Waals surface area contributed by atoms with Gasteiger partial charge in [0, 0.05) is 18.3 Å². The summed E-state index contributed by atoms with van der Waals surface area (Å²) < 4.78 is 0. The van der Waals surface area contributed by atoms with E-state index in [0.29, 0.717) is 18.7 Å². The Hall–Kier alpha value is -2.27. The Kier molecular flexibility index (Phi) is 10.3. The molecule has 0 radical (unpaired) electrons. The van der Waals surface area contributed by atoms with Crippen LogP contribution in [0.25, 0.3) is 0 Å². The van der Waals surface area contributed by atoms with Gasteiger partial charge in [-0.15, -0.1) is 11.8 Å². The van der Waals surface area contributed by atoms with Gasteiger partial charge in [-0.3, -0.25) is 9.59 Å². The molecule has 0 aliphatic heterocycles. The molecule has 0 saturated carbocycles. The maximum atomic E-state index is 13.4. The highest BCUT2D eigenvalue weighted by atomic mass is 32.2. The Morgan fingerprint density at radius 2 is 1.66 bits per heavy atom. The molecule has 0 fully saturated rings. The van der Waals surface area contributed by atoms with Crippen LogP contribution in [-0.4, -0.2) is 34.6 Å². The first kappa shape index (κ1) is 26.0. The molecule has 5 heteroatoms. The van der Waals surface area contributed by atoms with E-state index in [2.05, 4.69) is 37.4 Å². The van der Waals surface area contributed by atoms with Crippen molar-refractivity contribution < 1.29 is 9.59 Å². The number of rotatable bonds is 11. The number of nitrogens with one attached hydrogen (secondary N) is 1. The Bertz CT molecular complexity index is 892. The minimum absolute atomic E-state index is 0.00813. The molecule has 0 spiro atoms. The zero-order valence-electron chi connectivity index (χ0n) is 20.4. The van der Waals surface area contributed by atoms with Gasteiger partial charge < -0.3 is 10.2 Å². The first-order valence-corrected chi connectivity index (χ1v) is 12.7. The van der Waals surface area contributed by atoms with E-state index in [4.69, 9.17) is 0 Å².